The number of fused-ring (bicyclic) bond motifs is 1. The summed E-state index contributed by atoms with van der Waals surface area (Å²) in [5.41, 5.74) is 7.13. The van der Waals surface area contributed by atoms with Gasteiger partial charge in [0.2, 0.25) is 5.95 Å². The number of nitrogens with zero attached hydrogens (tertiary/aromatic N) is 5. The van der Waals surface area contributed by atoms with Crippen LogP contribution in [-0.4, -0.2) is 86.8 Å². The zero-order chi connectivity index (χ0) is 40.0. The van der Waals surface area contributed by atoms with Crippen molar-refractivity contribution in [1.29, 1.82) is 0 Å². The summed E-state index contributed by atoms with van der Waals surface area (Å²) in [4.78, 5) is 19.5. The van der Waals surface area contributed by atoms with Gasteiger partial charge in [0.05, 0.1) is 27.0 Å². The van der Waals surface area contributed by atoms with Crippen LogP contribution in [0.1, 0.15) is 69.4 Å². The summed E-state index contributed by atoms with van der Waals surface area (Å²) in [5, 5.41) is 20.7. The van der Waals surface area contributed by atoms with E-state index in [0.717, 1.165) is 21.2 Å². The van der Waals surface area contributed by atoms with Crippen LogP contribution in [0.3, 0.4) is 0 Å². The van der Waals surface area contributed by atoms with Gasteiger partial charge in [-0.3, -0.25) is 4.98 Å². The Labute approximate surface area is 327 Å². The molecule has 1 saturated heterocycles. The predicted octanol–water partition coefficient (Wildman–Crippen LogP) is 5.97. The lowest BCUT2D eigenvalue weighted by atomic mass is 9.80. The molecule has 3 heterocycles. The summed E-state index contributed by atoms with van der Waals surface area (Å²) < 4.78 is 41.0. The zero-order valence-electron chi connectivity index (χ0n) is 32.6. The Hall–Kier alpha value is -4.89. The number of nitrogen functional groups attached to an aromatic ring is 1. The van der Waals surface area contributed by atoms with E-state index in [-0.39, 0.29) is 30.3 Å². The minimum Gasteiger partial charge on any atom is -0.497 e. The van der Waals surface area contributed by atoms with Crippen LogP contribution in [0, 0.1) is 0 Å². The summed E-state index contributed by atoms with van der Waals surface area (Å²) in [7, 11) is 1.36. The Morgan fingerprint density at radius 2 is 1.57 bits per heavy atom. The molecular weight excluding hydrogens is 737 g/mol. The topological polar surface area (TPSA) is 180 Å². The first kappa shape index (κ1) is 40.8. The average molecular weight is 788 g/mol. The van der Waals surface area contributed by atoms with Crippen molar-refractivity contribution in [1.82, 2.24) is 24.3 Å². The number of aromatic nitrogens is 4. The molecule has 1 fully saturated rings. The van der Waals surface area contributed by atoms with E-state index in [2.05, 4.69) is 24.9 Å². The highest BCUT2D eigenvalue weighted by Gasteiger charge is 2.51. The Bertz CT molecular complexity index is 2060. The second-order valence-electron chi connectivity index (χ2n) is 13.8. The molecule has 5 unspecified atom stereocenters. The molecule has 0 aliphatic carbocycles. The van der Waals surface area contributed by atoms with Crippen molar-refractivity contribution >= 4 is 26.3 Å². The van der Waals surface area contributed by atoms with E-state index in [1.54, 1.807) is 20.4 Å². The number of hydrogen-bond acceptors (Lipinski definition) is 13. The first-order chi connectivity index (χ1) is 27.0. The van der Waals surface area contributed by atoms with Gasteiger partial charge in [-0.25, -0.2) is 9.46 Å². The minimum atomic E-state index is -1.88. The van der Waals surface area contributed by atoms with E-state index < -0.39 is 44.2 Å². The van der Waals surface area contributed by atoms with Gasteiger partial charge >= 0.3 is 14.2 Å². The molecule has 298 valence electrons. The van der Waals surface area contributed by atoms with Gasteiger partial charge in [-0.1, -0.05) is 66.7 Å². The van der Waals surface area contributed by atoms with Crippen LogP contribution in [0.5, 0.6) is 11.5 Å². The number of nitrogens with one attached hydrogen (secondary N) is 1. The third-order valence-corrected chi connectivity index (χ3v) is 11.5. The maximum atomic E-state index is 12.7. The number of oxime groups is 1. The highest BCUT2D eigenvalue weighted by Crippen LogP contribution is 2.51. The summed E-state index contributed by atoms with van der Waals surface area (Å²) in [6, 6.07) is 25.3. The fourth-order valence-electron chi connectivity index (χ4n) is 7.00. The number of aliphatic hydroxyl groups excluding tert-OH is 1. The van der Waals surface area contributed by atoms with E-state index >= 15 is 0 Å². The molecule has 1 aliphatic heterocycles. The Morgan fingerprint density at radius 1 is 0.982 bits per heavy atom. The lowest BCUT2D eigenvalue weighted by Gasteiger charge is -2.38. The third kappa shape index (κ3) is 8.29. The molecular formula is C40H50N7O8P. The molecule has 4 N–H and O–H groups in total. The molecule has 0 saturated carbocycles. The molecule has 3 aromatic carbocycles. The summed E-state index contributed by atoms with van der Waals surface area (Å²) >= 11 is 0. The zero-order valence-corrected chi connectivity index (χ0v) is 33.5. The largest absolute Gasteiger partial charge is 0.497 e. The first-order valence-electron chi connectivity index (χ1n) is 18.5. The molecule has 5 aromatic rings. The van der Waals surface area contributed by atoms with Crippen LogP contribution in [0.4, 0.5) is 5.95 Å². The molecule has 1 aliphatic rings. The number of aliphatic hydroxyl groups is 1. The van der Waals surface area contributed by atoms with Crippen molar-refractivity contribution < 1.29 is 33.2 Å². The second-order valence-corrected chi connectivity index (χ2v) is 15.1. The Morgan fingerprint density at radius 3 is 2.12 bits per heavy atom. The monoisotopic (exact) mass is 787 g/mol. The number of hydrogen-bond donors (Lipinski definition) is 3. The average Bonchev–Trinajstić information content (AvgIpc) is 3.75. The van der Waals surface area contributed by atoms with Crippen LogP contribution in [0.2, 0.25) is 0 Å². The number of anilines is 1. The maximum Gasteiger partial charge on any atom is 0.350 e. The highest BCUT2D eigenvalue weighted by atomic mass is 31.2. The van der Waals surface area contributed by atoms with Gasteiger partial charge in [-0.2, -0.15) is 14.6 Å². The quantitative estimate of drug-likeness (QED) is 0.0436. The molecule has 0 spiro atoms. The SMILES string of the molecule is CC/C=N/OP(OC1C(COC(c2ccccc2)(c2ccc(OC)cc2)c2ccc(OC)cc2)OC(c2cnn3c(=O)[nH]c(N)nc23)C1O)N(C(C)C)C(C)C. The number of aromatic amines is 1. The molecule has 2 aromatic heterocycles. The van der Waals surface area contributed by atoms with Crippen molar-refractivity contribution in [2.45, 2.75) is 83.1 Å². The van der Waals surface area contributed by atoms with Gasteiger partial charge in [0.1, 0.15) is 41.5 Å². The van der Waals surface area contributed by atoms with Crippen molar-refractivity contribution in [3.8, 4) is 11.5 Å². The third-order valence-electron chi connectivity index (χ3n) is 9.54. The smallest absolute Gasteiger partial charge is 0.350 e. The van der Waals surface area contributed by atoms with Crippen molar-refractivity contribution in [3.63, 3.8) is 0 Å². The molecule has 16 heteroatoms. The first-order valence-corrected chi connectivity index (χ1v) is 19.6. The molecule has 0 amide bonds. The molecule has 0 radical (unpaired) electrons. The molecule has 0 bridgehead atoms. The molecule has 6 rings (SSSR count). The van der Waals surface area contributed by atoms with Crippen LogP contribution in [0.25, 0.3) is 5.65 Å². The van der Waals surface area contributed by atoms with E-state index in [9.17, 15) is 9.90 Å². The predicted molar refractivity (Wildman–Crippen MR) is 214 cm³/mol. The highest BCUT2D eigenvalue weighted by molar-refractivity contribution is 7.44. The fourth-order valence-corrected chi connectivity index (χ4v) is 8.61. The number of H-pyrrole nitrogens is 1. The number of nitrogens with two attached hydrogens (primary N) is 1. The lowest BCUT2D eigenvalue weighted by Crippen LogP contribution is -2.42. The van der Waals surface area contributed by atoms with Crippen LogP contribution in [0.15, 0.2) is 95.0 Å². The van der Waals surface area contributed by atoms with Gasteiger partial charge in [0, 0.05) is 23.9 Å². The molecule has 5 atom stereocenters. The summed E-state index contributed by atoms with van der Waals surface area (Å²) in [6.45, 7) is 10.0. The second kappa shape index (κ2) is 17.9. The fraction of sp³-hybridized carbons (Fsp3) is 0.400. The van der Waals surface area contributed by atoms with Gasteiger partial charge in [-0.15, -0.1) is 0 Å². The van der Waals surface area contributed by atoms with E-state index in [0.29, 0.717) is 23.5 Å². The van der Waals surface area contributed by atoms with Gasteiger partial charge < -0.3 is 38.9 Å². The van der Waals surface area contributed by atoms with Gasteiger partial charge in [-0.05, 0) is 75.1 Å². The Kier molecular flexibility index (Phi) is 13.0. The van der Waals surface area contributed by atoms with Crippen molar-refractivity contribution in [2.24, 2.45) is 5.16 Å². The Balaban J connectivity index is 1.47. The van der Waals surface area contributed by atoms with E-state index in [1.807, 2.05) is 113 Å². The standard InChI is InChI=1S/C40H50N7O8P/c1-8-22-43-55-56(47(25(2)3)26(4)5)54-36-33(53-35(34(36)48)32-23-42-46-37(32)44-38(41)45-39(46)49)24-52-40(27-12-10-9-11-13-27,28-14-18-30(50-6)19-15-28)29-16-20-31(51-7)21-17-29/h9-23,25-26,33-36,48H,8,24H2,1-7H3,(H3,41,44,45,49)/b43-22+. The van der Waals surface area contributed by atoms with Crippen LogP contribution in [-0.2, 0) is 24.2 Å². The summed E-state index contributed by atoms with van der Waals surface area (Å²) in [6.07, 6.45) is -0.498. The van der Waals surface area contributed by atoms with Crippen molar-refractivity contribution in [2.75, 3.05) is 26.6 Å². The van der Waals surface area contributed by atoms with Crippen LogP contribution >= 0.6 is 8.53 Å². The number of ether oxygens (including phenoxy) is 4. The lowest BCUT2D eigenvalue weighted by molar-refractivity contribution is -0.0805. The summed E-state index contributed by atoms with van der Waals surface area (Å²) in [5.74, 6) is 1.26. The number of benzene rings is 3. The van der Waals surface area contributed by atoms with Gasteiger partial charge in [0.25, 0.3) is 0 Å². The number of methoxy groups -OCH3 is 2. The molecule has 15 nitrogen and oxygen atoms in total. The maximum absolute atomic E-state index is 12.7. The number of rotatable bonds is 17. The normalized spacial score (nSPS) is 19.4. The van der Waals surface area contributed by atoms with Crippen LogP contribution < -0.4 is 20.9 Å². The van der Waals surface area contributed by atoms with E-state index in [4.69, 9.17) is 33.8 Å². The van der Waals surface area contributed by atoms with E-state index in [1.165, 1.54) is 6.20 Å². The molecule has 56 heavy (non-hydrogen) atoms. The van der Waals surface area contributed by atoms with Gasteiger partial charge in [0.15, 0.2) is 5.65 Å². The minimum absolute atomic E-state index is 0.00251. The van der Waals surface area contributed by atoms with Crippen molar-refractivity contribution in [3.05, 3.63) is 118 Å².